The summed E-state index contributed by atoms with van der Waals surface area (Å²) in [5.74, 6) is 0.892. The molecule has 0 saturated carbocycles. The van der Waals surface area contributed by atoms with E-state index < -0.39 is 5.92 Å². The highest BCUT2D eigenvalue weighted by atomic mass is 16.5. The van der Waals surface area contributed by atoms with Crippen molar-refractivity contribution in [3.8, 4) is 17.7 Å². The van der Waals surface area contributed by atoms with E-state index in [-0.39, 0.29) is 24.3 Å². The summed E-state index contributed by atoms with van der Waals surface area (Å²) in [5, 5.41) is 11.6. The van der Waals surface area contributed by atoms with E-state index in [1.54, 1.807) is 25.3 Å². The van der Waals surface area contributed by atoms with E-state index in [1.807, 2.05) is 29.3 Å². The third-order valence-corrected chi connectivity index (χ3v) is 6.28. The number of hydrogen-bond acceptors (Lipinski definition) is 6. The predicted octanol–water partition coefficient (Wildman–Crippen LogP) is 1.99. The molecule has 10 nitrogen and oxygen atoms in total. The lowest BCUT2D eigenvalue weighted by Crippen LogP contribution is -2.44. The first-order valence-corrected chi connectivity index (χ1v) is 12.1. The number of nitrogens with zero attached hydrogens (tertiary/aromatic N) is 5. The maximum absolute atomic E-state index is 13.1. The van der Waals surface area contributed by atoms with Crippen molar-refractivity contribution in [1.82, 2.24) is 15.1 Å². The third kappa shape index (κ3) is 7.18. The van der Waals surface area contributed by atoms with Crippen molar-refractivity contribution in [2.45, 2.75) is 38.5 Å². The van der Waals surface area contributed by atoms with Gasteiger partial charge in [-0.25, -0.2) is 4.99 Å². The van der Waals surface area contributed by atoms with Crippen LogP contribution in [0.25, 0.3) is 0 Å². The second kappa shape index (κ2) is 13.3. The van der Waals surface area contributed by atoms with Gasteiger partial charge in [-0.3, -0.25) is 19.9 Å². The summed E-state index contributed by atoms with van der Waals surface area (Å²) >= 11 is 0. The first-order valence-electron chi connectivity index (χ1n) is 12.1. The molecule has 2 amide bonds. The number of amides is 2. The van der Waals surface area contributed by atoms with Gasteiger partial charge in [0.25, 0.3) is 0 Å². The molecule has 35 heavy (non-hydrogen) atoms. The van der Waals surface area contributed by atoms with Gasteiger partial charge in [-0.1, -0.05) is 18.6 Å². The summed E-state index contributed by atoms with van der Waals surface area (Å²) in [7, 11) is 3.17. The maximum Gasteiger partial charge on any atom is 0.242 e. The molecule has 188 valence electrons. The van der Waals surface area contributed by atoms with Crippen molar-refractivity contribution in [3.05, 3.63) is 23.8 Å². The van der Waals surface area contributed by atoms with Gasteiger partial charge in [-0.2, -0.15) is 5.26 Å². The average Bonchev–Trinajstić information content (AvgIpc) is 3.36. The van der Waals surface area contributed by atoms with Crippen molar-refractivity contribution in [3.63, 3.8) is 0 Å². The topological polar surface area (TPSA) is 120 Å². The second-order valence-corrected chi connectivity index (χ2v) is 8.57. The van der Waals surface area contributed by atoms with E-state index in [4.69, 9.17) is 14.7 Å². The first-order chi connectivity index (χ1) is 17.1. The zero-order valence-corrected chi connectivity index (χ0v) is 20.5. The van der Waals surface area contributed by atoms with Crippen LogP contribution in [0.1, 0.15) is 37.7 Å². The van der Waals surface area contributed by atoms with Crippen LogP contribution in [0.15, 0.2) is 28.2 Å². The van der Waals surface area contributed by atoms with Crippen LogP contribution in [-0.4, -0.2) is 80.7 Å². The summed E-state index contributed by atoms with van der Waals surface area (Å²) in [6, 6.07) is 5.63. The minimum Gasteiger partial charge on any atom is -0.493 e. The number of likely N-dealkylation sites (tertiary alicyclic amines) is 2. The zero-order valence-electron chi connectivity index (χ0n) is 20.5. The Kier molecular flexibility index (Phi) is 9.90. The number of nitrogens with one attached hydrogen (secondary N) is 1. The third-order valence-electron chi connectivity index (χ3n) is 6.28. The summed E-state index contributed by atoms with van der Waals surface area (Å²) < 4.78 is 10.8. The molecule has 2 fully saturated rings. The minimum atomic E-state index is -0.451. The van der Waals surface area contributed by atoms with Crippen LogP contribution in [-0.2, 0) is 16.0 Å². The normalized spacial score (nSPS) is 18.9. The minimum absolute atomic E-state index is 0.00908. The van der Waals surface area contributed by atoms with E-state index in [0.717, 1.165) is 44.3 Å². The van der Waals surface area contributed by atoms with Gasteiger partial charge in [0.05, 0.1) is 26.7 Å². The van der Waals surface area contributed by atoms with Crippen LogP contribution >= 0.6 is 0 Å². The van der Waals surface area contributed by atoms with E-state index in [9.17, 15) is 9.59 Å². The van der Waals surface area contributed by atoms with Crippen LogP contribution in [0.2, 0.25) is 0 Å². The number of nitriles is 1. The van der Waals surface area contributed by atoms with Crippen molar-refractivity contribution in [2.75, 3.05) is 46.9 Å². The molecule has 2 heterocycles. The smallest absolute Gasteiger partial charge is 0.242 e. The fraction of sp³-hybridized carbons (Fsp3) is 0.560. The Balaban J connectivity index is 1.64. The molecular weight excluding hydrogens is 448 g/mol. The van der Waals surface area contributed by atoms with Crippen LogP contribution in [0, 0.1) is 17.4 Å². The maximum atomic E-state index is 13.1. The van der Waals surface area contributed by atoms with E-state index in [1.165, 1.54) is 0 Å². The largest absolute Gasteiger partial charge is 0.493 e. The number of aliphatic imine (C=N–C) groups is 2. The fourth-order valence-electron chi connectivity index (χ4n) is 4.42. The molecule has 1 aromatic rings. The molecule has 0 aliphatic carbocycles. The standard InChI is InChI=1S/C25H34N6O4/c1-34-21-10-7-9-19(23(21)35-2)11-12-27-25(29-18-26)28-16-20-8-3-4-15-31(24(20)33)17-22(32)30-13-5-6-14-30/h7,9-10,16,20H,3-6,8,11-15,17H2,1-2H3,(H,27,29)/b28-16-. The van der Waals surface area contributed by atoms with E-state index in [2.05, 4.69) is 15.3 Å². The Morgan fingerprint density at radius 3 is 2.69 bits per heavy atom. The van der Waals surface area contributed by atoms with Gasteiger partial charge < -0.3 is 19.3 Å². The van der Waals surface area contributed by atoms with Gasteiger partial charge in [0.15, 0.2) is 17.7 Å². The van der Waals surface area contributed by atoms with Crippen LogP contribution in [0.3, 0.4) is 0 Å². The Labute approximate surface area is 206 Å². The summed E-state index contributed by atoms with van der Waals surface area (Å²) in [4.78, 5) is 37.9. The lowest BCUT2D eigenvalue weighted by atomic mass is 10.0. The van der Waals surface area contributed by atoms with Crippen LogP contribution < -0.4 is 14.8 Å². The molecule has 2 saturated heterocycles. The highest BCUT2D eigenvalue weighted by molar-refractivity contribution is 5.99. The fourth-order valence-corrected chi connectivity index (χ4v) is 4.42. The summed E-state index contributed by atoms with van der Waals surface area (Å²) in [5.41, 5.74) is 0.924. The Morgan fingerprint density at radius 2 is 1.97 bits per heavy atom. The first kappa shape index (κ1) is 26.0. The molecule has 0 bridgehead atoms. The van der Waals surface area contributed by atoms with Gasteiger partial charge in [0.1, 0.15) is 0 Å². The zero-order chi connectivity index (χ0) is 25.0. The predicted molar refractivity (Wildman–Crippen MR) is 133 cm³/mol. The highest BCUT2D eigenvalue weighted by Gasteiger charge is 2.29. The molecule has 0 spiro atoms. The van der Waals surface area contributed by atoms with Crippen molar-refractivity contribution >= 4 is 24.0 Å². The number of rotatable bonds is 8. The van der Waals surface area contributed by atoms with E-state index in [0.29, 0.717) is 37.4 Å². The number of hydrogen-bond donors (Lipinski definition) is 1. The van der Waals surface area contributed by atoms with Gasteiger partial charge in [-0.05, 0) is 43.7 Å². The number of ether oxygens (including phenoxy) is 2. The Morgan fingerprint density at radius 1 is 1.20 bits per heavy atom. The molecule has 1 N–H and O–H groups in total. The number of carbonyl (C=O) groups excluding carboxylic acids is 2. The molecule has 10 heteroatoms. The van der Waals surface area contributed by atoms with Gasteiger partial charge >= 0.3 is 0 Å². The molecule has 2 aliphatic heterocycles. The van der Waals surface area contributed by atoms with Crippen molar-refractivity contribution in [2.24, 2.45) is 15.9 Å². The summed E-state index contributed by atoms with van der Waals surface area (Å²) in [6.45, 7) is 2.59. The molecule has 1 atom stereocenters. The number of carbonyl (C=O) groups is 2. The van der Waals surface area contributed by atoms with Gasteiger partial charge in [-0.15, -0.1) is 0 Å². The Bertz CT molecular complexity index is 981. The SMILES string of the molecule is COc1cccc(CCN=C(/N=C\C2CCCCN(CC(=O)N3CCCC3)C2=O)NC#N)c1OC. The van der Waals surface area contributed by atoms with Gasteiger partial charge in [0.2, 0.25) is 17.8 Å². The van der Waals surface area contributed by atoms with Crippen molar-refractivity contribution in [1.29, 1.82) is 5.26 Å². The van der Waals surface area contributed by atoms with Crippen LogP contribution in [0.5, 0.6) is 11.5 Å². The Hall–Kier alpha value is -3.61. The lowest BCUT2D eigenvalue weighted by Gasteiger charge is -2.25. The molecule has 1 unspecified atom stereocenters. The molecule has 0 radical (unpaired) electrons. The molecule has 2 aliphatic rings. The van der Waals surface area contributed by atoms with Gasteiger partial charge in [0, 0.05) is 32.4 Å². The number of benzene rings is 1. The van der Waals surface area contributed by atoms with Crippen molar-refractivity contribution < 1.29 is 19.1 Å². The highest BCUT2D eigenvalue weighted by Crippen LogP contribution is 2.30. The second-order valence-electron chi connectivity index (χ2n) is 8.57. The molecular formula is C25H34N6O4. The quantitative estimate of drug-likeness (QED) is 0.262. The molecule has 1 aromatic carbocycles. The summed E-state index contributed by atoms with van der Waals surface area (Å²) in [6.07, 6.45) is 8.37. The molecule has 0 aromatic heterocycles. The van der Waals surface area contributed by atoms with Crippen LogP contribution in [0.4, 0.5) is 0 Å². The van der Waals surface area contributed by atoms with E-state index >= 15 is 0 Å². The lowest BCUT2D eigenvalue weighted by molar-refractivity contribution is -0.140. The average molecular weight is 483 g/mol. The monoisotopic (exact) mass is 482 g/mol. The number of guanidine groups is 1. The molecule has 3 rings (SSSR count). The number of para-hydroxylation sites is 1. The number of methoxy groups -OCH3 is 2.